The Balaban J connectivity index is 3.26. The maximum Gasteiger partial charge on any atom is 0.0358 e. The van der Waals surface area contributed by atoms with Crippen LogP contribution in [-0.2, 0) is 0 Å². The van der Waals surface area contributed by atoms with Crippen LogP contribution in [0, 0.1) is 12.3 Å². The molecule has 1 N–H and O–H groups in total. The Kier molecular flexibility index (Phi) is 2.86. The van der Waals surface area contributed by atoms with E-state index in [1.165, 1.54) is 11.1 Å². The van der Waals surface area contributed by atoms with Crippen LogP contribution in [0.1, 0.15) is 43.4 Å². The Hall–Kier alpha value is -1.11. The summed E-state index contributed by atoms with van der Waals surface area (Å²) in [5.74, 6) is 0.496. The van der Waals surface area contributed by atoms with Crippen LogP contribution in [0.2, 0.25) is 0 Å². The summed E-state index contributed by atoms with van der Waals surface area (Å²) >= 11 is 0. The average molecular weight is 175 g/mol. The summed E-state index contributed by atoms with van der Waals surface area (Å²) in [6.45, 7) is 8.27. The Morgan fingerprint density at radius 2 is 1.92 bits per heavy atom. The van der Waals surface area contributed by atoms with Crippen LogP contribution in [0.5, 0.6) is 0 Å². The molecular formula is C12H17N. The minimum absolute atomic E-state index is 0.496. The van der Waals surface area contributed by atoms with Crippen molar-refractivity contribution in [3.05, 3.63) is 34.9 Å². The molecule has 13 heavy (non-hydrogen) atoms. The van der Waals surface area contributed by atoms with Gasteiger partial charge in [-0.05, 0) is 30.9 Å². The lowest BCUT2D eigenvalue weighted by Gasteiger charge is -2.12. The van der Waals surface area contributed by atoms with E-state index < -0.39 is 0 Å². The van der Waals surface area contributed by atoms with Gasteiger partial charge in [0, 0.05) is 5.71 Å². The molecule has 1 nitrogen and oxygen atoms in total. The first-order valence-electron chi connectivity index (χ1n) is 4.68. The molecule has 1 rings (SSSR count). The van der Waals surface area contributed by atoms with E-state index in [1.807, 2.05) is 13.0 Å². The Bertz CT molecular complexity index is 324. The minimum Gasteiger partial charge on any atom is -0.305 e. The molecule has 0 saturated carbocycles. The van der Waals surface area contributed by atoms with E-state index in [0.717, 1.165) is 5.56 Å². The largest absolute Gasteiger partial charge is 0.305 e. The van der Waals surface area contributed by atoms with E-state index in [2.05, 4.69) is 32.9 Å². The zero-order valence-corrected chi connectivity index (χ0v) is 8.81. The van der Waals surface area contributed by atoms with Gasteiger partial charge in [-0.1, -0.05) is 37.6 Å². The highest BCUT2D eigenvalue weighted by Crippen LogP contribution is 2.21. The van der Waals surface area contributed by atoms with E-state index in [4.69, 9.17) is 5.41 Å². The molecule has 0 aromatic heterocycles. The molecule has 0 heterocycles. The molecular weight excluding hydrogens is 158 g/mol. The second-order valence-electron chi connectivity index (χ2n) is 3.87. The van der Waals surface area contributed by atoms with Gasteiger partial charge in [0.05, 0.1) is 0 Å². The summed E-state index contributed by atoms with van der Waals surface area (Å²) in [7, 11) is 0. The third kappa shape index (κ3) is 2.18. The van der Waals surface area contributed by atoms with Gasteiger partial charge in [0.15, 0.2) is 0 Å². The van der Waals surface area contributed by atoms with Gasteiger partial charge >= 0.3 is 0 Å². The third-order valence-corrected chi connectivity index (χ3v) is 2.23. The number of hydrogen-bond donors (Lipinski definition) is 1. The van der Waals surface area contributed by atoms with Gasteiger partial charge in [-0.25, -0.2) is 0 Å². The predicted molar refractivity (Wildman–Crippen MR) is 57.8 cm³/mol. The van der Waals surface area contributed by atoms with E-state index in [9.17, 15) is 0 Å². The fraction of sp³-hybridized carbons (Fsp3) is 0.417. The summed E-state index contributed by atoms with van der Waals surface area (Å²) < 4.78 is 0. The van der Waals surface area contributed by atoms with Gasteiger partial charge in [-0.2, -0.15) is 0 Å². The molecule has 1 aromatic carbocycles. The van der Waals surface area contributed by atoms with Gasteiger partial charge in [0.2, 0.25) is 0 Å². The maximum absolute atomic E-state index is 7.64. The van der Waals surface area contributed by atoms with Crippen molar-refractivity contribution in [3.8, 4) is 0 Å². The van der Waals surface area contributed by atoms with Crippen molar-refractivity contribution in [2.75, 3.05) is 0 Å². The van der Waals surface area contributed by atoms with E-state index in [-0.39, 0.29) is 0 Å². The Morgan fingerprint density at radius 3 is 2.38 bits per heavy atom. The van der Waals surface area contributed by atoms with Crippen LogP contribution >= 0.6 is 0 Å². The molecule has 0 radical (unpaired) electrons. The molecule has 0 spiro atoms. The second-order valence-corrected chi connectivity index (χ2v) is 3.87. The normalized spacial score (nSPS) is 10.5. The average Bonchev–Trinajstić information content (AvgIpc) is 2.03. The molecule has 1 heteroatoms. The lowest BCUT2D eigenvalue weighted by Crippen LogP contribution is -2.01. The standard InChI is InChI=1S/C12H17N/c1-8(2)12-7-9(3)5-6-11(12)10(4)13/h5-8,13H,1-4H3. The first kappa shape index (κ1) is 9.97. The summed E-state index contributed by atoms with van der Waals surface area (Å²) in [5.41, 5.74) is 4.30. The van der Waals surface area contributed by atoms with Crippen molar-refractivity contribution in [2.24, 2.45) is 0 Å². The van der Waals surface area contributed by atoms with Crippen LogP contribution in [-0.4, -0.2) is 5.71 Å². The lowest BCUT2D eigenvalue weighted by molar-refractivity contribution is 0.861. The zero-order valence-electron chi connectivity index (χ0n) is 8.81. The molecule has 0 fully saturated rings. The van der Waals surface area contributed by atoms with Crippen LogP contribution < -0.4 is 0 Å². The summed E-state index contributed by atoms with van der Waals surface area (Å²) in [5, 5.41) is 7.64. The van der Waals surface area contributed by atoms with Gasteiger partial charge in [0.1, 0.15) is 0 Å². The molecule has 0 saturated heterocycles. The van der Waals surface area contributed by atoms with Crippen LogP contribution in [0.15, 0.2) is 18.2 Å². The SMILES string of the molecule is CC(=N)c1ccc(C)cc1C(C)C. The first-order chi connectivity index (χ1) is 6.02. The van der Waals surface area contributed by atoms with Crippen LogP contribution in [0.25, 0.3) is 0 Å². The van der Waals surface area contributed by atoms with E-state index in [1.54, 1.807) is 0 Å². The molecule has 0 bridgehead atoms. The number of hydrogen-bond acceptors (Lipinski definition) is 1. The number of nitrogens with one attached hydrogen (secondary N) is 1. The number of aryl methyl sites for hydroxylation is 1. The van der Waals surface area contributed by atoms with Crippen molar-refractivity contribution < 1.29 is 0 Å². The summed E-state index contributed by atoms with van der Waals surface area (Å²) in [4.78, 5) is 0. The summed E-state index contributed by atoms with van der Waals surface area (Å²) in [6, 6.07) is 6.30. The number of benzene rings is 1. The monoisotopic (exact) mass is 175 g/mol. The highest BCUT2D eigenvalue weighted by atomic mass is 14.4. The topological polar surface area (TPSA) is 23.9 Å². The van der Waals surface area contributed by atoms with Crippen molar-refractivity contribution in [3.63, 3.8) is 0 Å². The van der Waals surface area contributed by atoms with Crippen molar-refractivity contribution in [1.29, 1.82) is 5.41 Å². The highest BCUT2D eigenvalue weighted by Gasteiger charge is 2.07. The number of rotatable bonds is 2. The zero-order chi connectivity index (χ0) is 10.0. The van der Waals surface area contributed by atoms with Gasteiger partial charge in [-0.3, -0.25) is 0 Å². The fourth-order valence-corrected chi connectivity index (χ4v) is 1.50. The van der Waals surface area contributed by atoms with Crippen LogP contribution in [0.4, 0.5) is 0 Å². The first-order valence-corrected chi connectivity index (χ1v) is 4.68. The predicted octanol–water partition coefficient (Wildman–Crippen LogP) is 3.51. The molecule has 0 amide bonds. The third-order valence-electron chi connectivity index (χ3n) is 2.23. The van der Waals surface area contributed by atoms with E-state index in [0.29, 0.717) is 11.6 Å². The van der Waals surface area contributed by atoms with Gasteiger partial charge in [-0.15, -0.1) is 0 Å². The van der Waals surface area contributed by atoms with E-state index >= 15 is 0 Å². The molecule has 0 aliphatic heterocycles. The second kappa shape index (κ2) is 3.73. The fourth-order valence-electron chi connectivity index (χ4n) is 1.50. The molecule has 1 aromatic rings. The Morgan fingerprint density at radius 1 is 1.31 bits per heavy atom. The highest BCUT2D eigenvalue weighted by molar-refractivity contribution is 5.97. The Labute approximate surface area is 80.3 Å². The minimum atomic E-state index is 0.496. The lowest BCUT2D eigenvalue weighted by atomic mass is 9.93. The molecule has 0 atom stereocenters. The smallest absolute Gasteiger partial charge is 0.0358 e. The van der Waals surface area contributed by atoms with Crippen molar-refractivity contribution in [2.45, 2.75) is 33.6 Å². The molecule has 0 unspecified atom stereocenters. The summed E-state index contributed by atoms with van der Waals surface area (Å²) in [6.07, 6.45) is 0. The van der Waals surface area contributed by atoms with Gasteiger partial charge < -0.3 is 5.41 Å². The molecule has 0 aliphatic carbocycles. The van der Waals surface area contributed by atoms with Crippen LogP contribution in [0.3, 0.4) is 0 Å². The maximum atomic E-state index is 7.64. The quantitative estimate of drug-likeness (QED) is 0.665. The molecule has 70 valence electrons. The van der Waals surface area contributed by atoms with Gasteiger partial charge in [0.25, 0.3) is 0 Å². The van der Waals surface area contributed by atoms with Crippen molar-refractivity contribution >= 4 is 5.71 Å². The van der Waals surface area contributed by atoms with Crippen molar-refractivity contribution in [1.82, 2.24) is 0 Å². The molecule has 0 aliphatic rings.